The first kappa shape index (κ1) is 11.1. The van der Waals surface area contributed by atoms with E-state index < -0.39 is 0 Å². The number of hydrogen-bond acceptors (Lipinski definition) is 1. The highest BCUT2D eigenvalue weighted by atomic mass is 35.5. The molecule has 1 heterocycles. The molecule has 0 saturated carbocycles. The van der Waals surface area contributed by atoms with Gasteiger partial charge in [-0.1, -0.05) is 54.1 Å². The Balaban J connectivity index is 2.42. The fraction of sp³-hybridized carbons (Fsp3) is 0. The molecule has 0 fully saturated rings. The molecule has 88 valence electrons. The van der Waals surface area contributed by atoms with Gasteiger partial charge in [-0.3, -0.25) is 9.36 Å². The van der Waals surface area contributed by atoms with Crippen molar-refractivity contribution in [2.24, 2.45) is 0 Å². The maximum atomic E-state index is 11.3. The van der Waals surface area contributed by atoms with Crippen LogP contribution in [0.2, 0.25) is 5.15 Å². The van der Waals surface area contributed by atoms with Crippen LogP contribution in [0, 0.1) is 0 Å². The van der Waals surface area contributed by atoms with Gasteiger partial charge in [-0.25, -0.2) is 0 Å². The fourth-order valence-electron chi connectivity index (χ4n) is 2.18. The lowest BCUT2D eigenvalue weighted by Gasteiger charge is -2.06. The first-order chi connectivity index (χ1) is 8.83. The highest BCUT2D eigenvalue weighted by Gasteiger charge is 2.15. The zero-order chi connectivity index (χ0) is 12.5. The number of fused-ring (bicyclic) bond motifs is 1. The molecule has 0 aliphatic rings. The lowest BCUT2D eigenvalue weighted by molar-refractivity contribution is 0.111. The number of hydrogen-bond donors (Lipinski definition) is 0. The molecule has 0 radical (unpaired) electrons. The van der Waals surface area contributed by atoms with Gasteiger partial charge in [0.2, 0.25) is 0 Å². The van der Waals surface area contributed by atoms with E-state index in [1.54, 1.807) is 4.57 Å². The van der Waals surface area contributed by atoms with Gasteiger partial charge in [-0.15, -0.1) is 0 Å². The monoisotopic (exact) mass is 255 g/mol. The third kappa shape index (κ3) is 1.54. The molecule has 0 aliphatic heterocycles. The molecule has 0 bridgehead atoms. The molecule has 3 aromatic rings. The molecular weight excluding hydrogens is 246 g/mol. The van der Waals surface area contributed by atoms with Gasteiger partial charge in [0.15, 0.2) is 6.29 Å². The summed E-state index contributed by atoms with van der Waals surface area (Å²) in [7, 11) is 0. The van der Waals surface area contributed by atoms with Gasteiger partial charge in [-0.2, -0.15) is 0 Å². The smallest absolute Gasteiger partial charge is 0.167 e. The highest BCUT2D eigenvalue weighted by molar-refractivity contribution is 6.36. The third-order valence-electron chi connectivity index (χ3n) is 2.99. The van der Waals surface area contributed by atoms with Crippen LogP contribution in [-0.2, 0) is 0 Å². The highest BCUT2D eigenvalue weighted by Crippen LogP contribution is 2.31. The molecule has 0 saturated heterocycles. The molecule has 0 aliphatic carbocycles. The molecule has 0 N–H and O–H groups in total. The van der Waals surface area contributed by atoms with E-state index >= 15 is 0 Å². The Morgan fingerprint density at radius 3 is 2.17 bits per heavy atom. The van der Waals surface area contributed by atoms with Gasteiger partial charge < -0.3 is 0 Å². The minimum absolute atomic E-state index is 0.568. The summed E-state index contributed by atoms with van der Waals surface area (Å²) in [5.74, 6) is 0. The SMILES string of the molecule is O=Cc1c2ccccc2c(Cl)n1-c1ccccc1. The van der Waals surface area contributed by atoms with Crippen molar-refractivity contribution in [1.82, 2.24) is 4.57 Å². The van der Waals surface area contributed by atoms with Crippen LogP contribution in [0.15, 0.2) is 54.6 Å². The summed E-state index contributed by atoms with van der Waals surface area (Å²) < 4.78 is 1.78. The van der Waals surface area contributed by atoms with Crippen molar-refractivity contribution < 1.29 is 4.79 Å². The number of carbonyl (C=O) groups excluding carboxylic acids is 1. The zero-order valence-electron chi connectivity index (χ0n) is 9.51. The van der Waals surface area contributed by atoms with Gasteiger partial charge in [0.1, 0.15) is 5.15 Å². The second-order valence-corrected chi connectivity index (χ2v) is 4.37. The second-order valence-electron chi connectivity index (χ2n) is 4.01. The summed E-state index contributed by atoms with van der Waals surface area (Å²) in [4.78, 5) is 11.3. The van der Waals surface area contributed by atoms with Crippen LogP contribution in [-0.4, -0.2) is 10.9 Å². The summed E-state index contributed by atoms with van der Waals surface area (Å²) in [6.07, 6.45) is 0.848. The Morgan fingerprint density at radius 2 is 1.50 bits per heavy atom. The Kier molecular flexibility index (Phi) is 2.65. The molecule has 2 nitrogen and oxygen atoms in total. The van der Waals surface area contributed by atoms with E-state index in [4.69, 9.17) is 11.6 Å². The molecule has 2 aromatic carbocycles. The van der Waals surface area contributed by atoms with Crippen molar-refractivity contribution in [3.8, 4) is 5.69 Å². The molecule has 3 heteroatoms. The van der Waals surface area contributed by atoms with E-state index in [2.05, 4.69) is 0 Å². The van der Waals surface area contributed by atoms with Crippen LogP contribution in [0.3, 0.4) is 0 Å². The molecule has 0 unspecified atom stereocenters. The normalized spacial score (nSPS) is 10.7. The Hall–Kier alpha value is -2.06. The lowest BCUT2D eigenvalue weighted by atomic mass is 10.2. The Labute approximate surface area is 109 Å². The number of halogens is 1. The van der Waals surface area contributed by atoms with Crippen molar-refractivity contribution in [2.75, 3.05) is 0 Å². The summed E-state index contributed by atoms with van der Waals surface area (Å²) in [5.41, 5.74) is 1.47. The molecule has 18 heavy (non-hydrogen) atoms. The predicted octanol–water partition coefficient (Wildman–Crippen LogP) is 4.10. The topological polar surface area (TPSA) is 22.0 Å². The van der Waals surface area contributed by atoms with Crippen LogP contribution < -0.4 is 0 Å². The minimum atomic E-state index is 0.568. The van der Waals surface area contributed by atoms with Crippen LogP contribution >= 0.6 is 11.6 Å². The third-order valence-corrected chi connectivity index (χ3v) is 3.36. The molecular formula is C15H10ClNO. The summed E-state index contributed by atoms with van der Waals surface area (Å²) in [6, 6.07) is 17.3. The number of carbonyl (C=O) groups is 1. The van der Waals surface area contributed by atoms with Crippen molar-refractivity contribution in [3.05, 3.63) is 65.4 Å². The quantitative estimate of drug-likeness (QED) is 0.632. The average molecular weight is 256 g/mol. The van der Waals surface area contributed by atoms with E-state index in [9.17, 15) is 4.79 Å². The summed E-state index contributed by atoms with van der Waals surface area (Å²) in [6.45, 7) is 0. The Bertz CT molecular complexity index is 716. The van der Waals surface area contributed by atoms with E-state index in [1.807, 2.05) is 54.6 Å². The first-order valence-electron chi connectivity index (χ1n) is 5.62. The maximum Gasteiger partial charge on any atom is 0.167 e. The van der Waals surface area contributed by atoms with Gasteiger partial charge in [0.05, 0.1) is 5.69 Å². The van der Waals surface area contributed by atoms with E-state index in [-0.39, 0.29) is 0 Å². The summed E-state index contributed by atoms with van der Waals surface area (Å²) in [5, 5.41) is 2.34. The molecule has 3 rings (SSSR count). The molecule has 0 atom stereocenters. The zero-order valence-corrected chi connectivity index (χ0v) is 10.3. The van der Waals surface area contributed by atoms with Gasteiger partial charge in [0.25, 0.3) is 0 Å². The van der Waals surface area contributed by atoms with E-state index in [0.29, 0.717) is 10.8 Å². The lowest BCUT2D eigenvalue weighted by Crippen LogP contribution is -1.98. The summed E-state index contributed by atoms with van der Waals surface area (Å²) >= 11 is 6.38. The molecule has 0 spiro atoms. The maximum absolute atomic E-state index is 11.3. The van der Waals surface area contributed by atoms with Crippen LogP contribution in [0.25, 0.3) is 16.5 Å². The largest absolute Gasteiger partial charge is 0.296 e. The standard InChI is InChI=1S/C15H10ClNO/c16-15-13-9-5-4-8-12(13)14(10-18)17(15)11-6-2-1-3-7-11/h1-10H. The molecule has 1 aromatic heterocycles. The number of aldehydes is 1. The van der Waals surface area contributed by atoms with Crippen LogP contribution in [0.1, 0.15) is 10.5 Å². The fourth-order valence-corrected chi connectivity index (χ4v) is 2.53. The van der Waals surface area contributed by atoms with Crippen LogP contribution in [0.5, 0.6) is 0 Å². The van der Waals surface area contributed by atoms with Gasteiger partial charge >= 0.3 is 0 Å². The second kappa shape index (κ2) is 4.31. The van der Waals surface area contributed by atoms with Crippen molar-refractivity contribution >= 4 is 28.7 Å². The number of aromatic nitrogens is 1. The number of benzene rings is 2. The van der Waals surface area contributed by atoms with Gasteiger partial charge in [-0.05, 0) is 12.1 Å². The van der Waals surface area contributed by atoms with Crippen molar-refractivity contribution in [1.29, 1.82) is 0 Å². The van der Waals surface area contributed by atoms with Gasteiger partial charge in [0, 0.05) is 16.5 Å². The number of nitrogens with zero attached hydrogens (tertiary/aromatic N) is 1. The predicted molar refractivity (Wildman–Crippen MR) is 73.7 cm³/mol. The minimum Gasteiger partial charge on any atom is -0.296 e. The first-order valence-corrected chi connectivity index (χ1v) is 6.00. The molecule has 0 amide bonds. The average Bonchev–Trinajstić information content (AvgIpc) is 2.73. The van der Waals surface area contributed by atoms with Crippen molar-refractivity contribution in [2.45, 2.75) is 0 Å². The Morgan fingerprint density at radius 1 is 0.889 bits per heavy atom. The van der Waals surface area contributed by atoms with Crippen molar-refractivity contribution in [3.63, 3.8) is 0 Å². The number of rotatable bonds is 2. The van der Waals surface area contributed by atoms with Crippen LogP contribution in [0.4, 0.5) is 0 Å². The van der Waals surface area contributed by atoms with E-state index in [1.165, 1.54) is 0 Å². The van der Waals surface area contributed by atoms with E-state index in [0.717, 1.165) is 22.7 Å². The number of para-hydroxylation sites is 1.